The predicted octanol–water partition coefficient (Wildman–Crippen LogP) is 4.29. The molecule has 0 atom stereocenters. The smallest absolute Gasteiger partial charge is 0.343 e. The summed E-state index contributed by atoms with van der Waals surface area (Å²) in [7, 11) is 0. The molecule has 0 bridgehead atoms. The van der Waals surface area contributed by atoms with Gasteiger partial charge in [-0.3, -0.25) is 4.79 Å². The number of hydrogen-bond donors (Lipinski definition) is 1. The van der Waals surface area contributed by atoms with Crippen molar-refractivity contribution in [1.29, 1.82) is 0 Å². The number of esters is 1. The molecule has 0 aliphatic carbocycles. The van der Waals surface area contributed by atoms with Crippen LogP contribution in [0.3, 0.4) is 0 Å². The Morgan fingerprint density at radius 1 is 0.857 bits per heavy atom. The number of amides is 1. The van der Waals surface area contributed by atoms with Gasteiger partial charge in [-0.25, -0.2) is 10.2 Å². The summed E-state index contributed by atoms with van der Waals surface area (Å²) in [5.41, 5.74) is 6.31. The topological polar surface area (TPSA) is 67.8 Å². The van der Waals surface area contributed by atoms with Gasteiger partial charge in [-0.15, -0.1) is 0 Å². The fourth-order valence-corrected chi connectivity index (χ4v) is 2.58. The second-order valence-electron chi connectivity index (χ2n) is 6.40. The molecule has 1 N–H and O–H groups in total. The van der Waals surface area contributed by atoms with Crippen LogP contribution >= 0.6 is 0 Å². The van der Waals surface area contributed by atoms with E-state index in [2.05, 4.69) is 10.5 Å². The minimum atomic E-state index is -0.407. The molecule has 0 spiro atoms. The zero-order chi connectivity index (χ0) is 19.9. The standard InChI is InChI=1S/C23H20N2O3/c1-16-5-3-7-19(13-16)22(26)25-24-15-18-9-11-21(12-10-18)28-23(27)20-8-4-6-17(2)14-20/h3-15H,1-2H3,(H,25,26). The van der Waals surface area contributed by atoms with Crippen molar-refractivity contribution in [1.82, 2.24) is 5.43 Å². The van der Waals surface area contributed by atoms with Gasteiger partial charge >= 0.3 is 5.97 Å². The normalized spacial score (nSPS) is 10.6. The van der Waals surface area contributed by atoms with E-state index in [0.717, 1.165) is 16.7 Å². The Labute approximate surface area is 163 Å². The Morgan fingerprint density at radius 2 is 1.46 bits per heavy atom. The van der Waals surface area contributed by atoms with E-state index in [4.69, 9.17) is 4.74 Å². The first-order valence-corrected chi connectivity index (χ1v) is 8.80. The van der Waals surface area contributed by atoms with Crippen LogP contribution in [0, 0.1) is 13.8 Å². The third-order valence-electron chi connectivity index (χ3n) is 4.00. The number of carbonyl (C=O) groups excluding carboxylic acids is 2. The quantitative estimate of drug-likeness (QED) is 0.314. The van der Waals surface area contributed by atoms with Gasteiger partial charge in [-0.1, -0.05) is 35.4 Å². The van der Waals surface area contributed by atoms with Gasteiger partial charge in [0.1, 0.15) is 5.75 Å². The summed E-state index contributed by atoms with van der Waals surface area (Å²) in [4.78, 5) is 24.2. The summed E-state index contributed by atoms with van der Waals surface area (Å²) in [6, 6.07) is 21.4. The molecule has 3 aromatic rings. The Balaban J connectivity index is 1.57. The number of benzene rings is 3. The fraction of sp³-hybridized carbons (Fsp3) is 0.0870. The molecule has 3 aromatic carbocycles. The van der Waals surface area contributed by atoms with Crippen molar-refractivity contribution in [2.24, 2.45) is 5.10 Å². The zero-order valence-corrected chi connectivity index (χ0v) is 15.7. The number of aryl methyl sites for hydroxylation is 2. The highest BCUT2D eigenvalue weighted by molar-refractivity contribution is 5.95. The van der Waals surface area contributed by atoms with E-state index in [1.807, 2.05) is 38.1 Å². The van der Waals surface area contributed by atoms with Crippen molar-refractivity contribution < 1.29 is 14.3 Å². The SMILES string of the molecule is Cc1cccc(C(=O)NN=Cc2ccc(OC(=O)c3cccc(C)c3)cc2)c1. The van der Waals surface area contributed by atoms with E-state index in [1.165, 1.54) is 6.21 Å². The highest BCUT2D eigenvalue weighted by Gasteiger charge is 2.08. The first kappa shape index (κ1) is 19.0. The lowest BCUT2D eigenvalue weighted by molar-refractivity contribution is 0.0734. The predicted molar refractivity (Wildman–Crippen MR) is 109 cm³/mol. The van der Waals surface area contributed by atoms with E-state index < -0.39 is 5.97 Å². The van der Waals surface area contributed by atoms with Crippen LogP contribution < -0.4 is 10.2 Å². The highest BCUT2D eigenvalue weighted by Crippen LogP contribution is 2.14. The molecule has 28 heavy (non-hydrogen) atoms. The maximum absolute atomic E-state index is 12.2. The number of ether oxygens (including phenoxy) is 1. The fourth-order valence-electron chi connectivity index (χ4n) is 2.58. The van der Waals surface area contributed by atoms with Gasteiger partial charge in [0, 0.05) is 5.56 Å². The van der Waals surface area contributed by atoms with Crippen molar-refractivity contribution in [3.05, 3.63) is 101 Å². The molecular formula is C23H20N2O3. The first-order valence-electron chi connectivity index (χ1n) is 8.80. The first-order chi connectivity index (χ1) is 13.5. The third kappa shape index (κ3) is 5.14. The van der Waals surface area contributed by atoms with Gasteiger partial charge in [0.2, 0.25) is 0 Å². The van der Waals surface area contributed by atoms with Crippen LogP contribution in [0.15, 0.2) is 77.9 Å². The molecule has 0 unspecified atom stereocenters. The Hall–Kier alpha value is -3.73. The molecule has 0 aliphatic rings. The van der Waals surface area contributed by atoms with Crippen molar-refractivity contribution in [2.45, 2.75) is 13.8 Å². The average molecular weight is 372 g/mol. The Bertz CT molecular complexity index is 1020. The number of nitrogens with one attached hydrogen (secondary N) is 1. The number of hydrazone groups is 1. The van der Waals surface area contributed by atoms with E-state index in [-0.39, 0.29) is 5.91 Å². The monoisotopic (exact) mass is 372 g/mol. The van der Waals surface area contributed by atoms with Crippen LogP contribution in [0.1, 0.15) is 37.4 Å². The molecule has 0 radical (unpaired) electrons. The van der Waals surface area contributed by atoms with Gasteiger partial charge in [0.05, 0.1) is 11.8 Å². The molecule has 0 saturated carbocycles. The van der Waals surface area contributed by atoms with Gasteiger partial charge in [0.15, 0.2) is 0 Å². The lowest BCUT2D eigenvalue weighted by atomic mass is 10.1. The molecule has 0 saturated heterocycles. The second-order valence-corrected chi connectivity index (χ2v) is 6.40. The van der Waals surface area contributed by atoms with E-state index >= 15 is 0 Å². The highest BCUT2D eigenvalue weighted by atomic mass is 16.5. The van der Waals surface area contributed by atoms with Crippen LogP contribution in [0.5, 0.6) is 5.75 Å². The van der Waals surface area contributed by atoms with Gasteiger partial charge in [-0.2, -0.15) is 5.10 Å². The molecule has 1 amide bonds. The lowest BCUT2D eigenvalue weighted by Crippen LogP contribution is -2.17. The maximum Gasteiger partial charge on any atom is 0.343 e. The molecule has 0 fully saturated rings. The van der Waals surface area contributed by atoms with Crippen LogP contribution in [-0.2, 0) is 0 Å². The number of carbonyl (C=O) groups is 2. The average Bonchev–Trinajstić information content (AvgIpc) is 2.69. The molecular weight excluding hydrogens is 352 g/mol. The molecule has 5 heteroatoms. The molecule has 0 aromatic heterocycles. The molecule has 0 aliphatic heterocycles. The van der Waals surface area contributed by atoms with Gasteiger partial charge < -0.3 is 4.74 Å². The molecule has 140 valence electrons. The van der Waals surface area contributed by atoms with Crippen molar-refractivity contribution in [3.63, 3.8) is 0 Å². The summed E-state index contributed by atoms with van der Waals surface area (Å²) >= 11 is 0. The van der Waals surface area contributed by atoms with Crippen LogP contribution in [0.4, 0.5) is 0 Å². The minimum Gasteiger partial charge on any atom is -0.423 e. The van der Waals surface area contributed by atoms with E-state index in [1.54, 1.807) is 48.5 Å². The van der Waals surface area contributed by atoms with Crippen LogP contribution in [-0.4, -0.2) is 18.1 Å². The number of hydrogen-bond acceptors (Lipinski definition) is 4. The third-order valence-corrected chi connectivity index (χ3v) is 4.00. The van der Waals surface area contributed by atoms with Gasteiger partial charge in [-0.05, 0) is 67.9 Å². The van der Waals surface area contributed by atoms with E-state index in [9.17, 15) is 9.59 Å². The van der Waals surface area contributed by atoms with Crippen molar-refractivity contribution >= 4 is 18.1 Å². The number of nitrogens with zero attached hydrogens (tertiary/aromatic N) is 1. The lowest BCUT2D eigenvalue weighted by Gasteiger charge is -2.05. The summed E-state index contributed by atoms with van der Waals surface area (Å²) < 4.78 is 5.37. The number of rotatable bonds is 5. The minimum absolute atomic E-state index is 0.274. The van der Waals surface area contributed by atoms with Crippen LogP contribution in [0.25, 0.3) is 0 Å². The van der Waals surface area contributed by atoms with Gasteiger partial charge in [0.25, 0.3) is 5.91 Å². The molecule has 3 rings (SSSR count). The second kappa shape index (κ2) is 8.77. The Morgan fingerprint density at radius 3 is 2.11 bits per heavy atom. The maximum atomic E-state index is 12.2. The summed E-state index contributed by atoms with van der Waals surface area (Å²) in [6.45, 7) is 3.84. The Kier molecular flexibility index (Phi) is 5.97. The van der Waals surface area contributed by atoms with E-state index in [0.29, 0.717) is 16.9 Å². The molecule has 5 nitrogen and oxygen atoms in total. The molecule has 0 heterocycles. The zero-order valence-electron chi connectivity index (χ0n) is 15.7. The van der Waals surface area contributed by atoms with Crippen molar-refractivity contribution in [3.8, 4) is 5.75 Å². The summed E-state index contributed by atoms with van der Waals surface area (Å²) in [5, 5.41) is 3.96. The van der Waals surface area contributed by atoms with Crippen molar-refractivity contribution in [2.75, 3.05) is 0 Å². The summed E-state index contributed by atoms with van der Waals surface area (Å²) in [6.07, 6.45) is 1.53. The largest absolute Gasteiger partial charge is 0.423 e. The van der Waals surface area contributed by atoms with Crippen LogP contribution in [0.2, 0.25) is 0 Å². The summed E-state index contributed by atoms with van der Waals surface area (Å²) in [5.74, 6) is -0.244.